The largest absolute Gasteiger partial charge is 0.353 e. The van der Waals surface area contributed by atoms with Crippen LogP contribution in [0.15, 0.2) is 30.5 Å². The van der Waals surface area contributed by atoms with Crippen molar-refractivity contribution in [3.05, 3.63) is 53.1 Å². The molecule has 1 aliphatic carbocycles. The maximum atomic E-state index is 14.3. The van der Waals surface area contributed by atoms with Crippen LogP contribution in [-0.2, 0) is 5.41 Å². The number of carbonyl (C=O) groups excluding carboxylic acids is 1. The predicted octanol–water partition coefficient (Wildman–Crippen LogP) is 4.05. The minimum atomic E-state index is -0.220. The maximum Gasteiger partial charge on any atom is 0.222 e. The molecule has 5 heteroatoms. The van der Waals surface area contributed by atoms with E-state index in [0.717, 1.165) is 31.2 Å². The summed E-state index contributed by atoms with van der Waals surface area (Å²) < 4.78 is 14.3. The molecule has 1 aliphatic rings. The zero-order chi connectivity index (χ0) is 17.2. The molecule has 24 heavy (non-hydrogen) atoms. The van der Waals surface area contributed by atoms with E-state index in [4.69, 9.17) is 0 Å². The van der Waals surface area contributed by atoms with Gasteiger partial charge in [0.05, 0.1) is 11.3 Å². The highest BCUT2D eigenvalue weighted by Gasteiger charge is 2.37. The summed E-state index contributed by atoms with van der Waals surface area (Å²) >= 11 is 0. The van der Waals surface area contributed by atoms with E-state index in [9.17, 15) is 9.18 Å². The zero-order valence-corrected chi connectivity index (χ0v) is 14.1. The molecule has 3 rings (SSSR count). The molecule has 0 unspecified atom stereocenters. The number of halogens is 1. The Morgan fingerprint density at radius 1 is 1.29 bits per heavy atom. The van der Waals surface area contributed by atoms with Crippen LogP contribution in [0.5, 0.6) is 0 Å². The lowest BCUT2D eigenvalue weighted by Gasteiger charge is -2.30. The highest BCUT2D eigenvalue weighted by Crippen LogP contribution is 2.42. The summed E-state index contributed by atoms with van der Waals surface area (Å²) in [7, 11) is 0. The van der Waals surface area contributed by atoms with Crippen LogP contribution in [0.3, 0.4) is 0 Å². The average molecular weight is 327 g/mol. The van der Waals surface area contributed by atoms with Gasteiger partial charge in [-0.1, -0.05) is 31.0 Å². The number of aromatic nitrogens is 2. The summed E-state index contributed by atoms with van der Waals surface area (Å²) in [5.41, 5.74) is 1.74. The molecule has 0 bridgehead atoms. The first-order valence-electron chi connectivity index (χ1n) is 8.35. The normalized spacial score (nSPS) is 16.1. The Labute approximate surface area is 141 Å². The van der Waals surface area contributed by atoms with Crippen LogP contribution in [-0.4, -0.2) is 22.3 Å². The predicted molar refractivity (Wildman–Crippen MR) is 91.8 cm³/mol. The van der Waals surface area contributed by atoms with Gasteiger partial charge < -0.3 is 5.32 Å². The van der Waals surface area contributed by atoms with Crippen molar-refractivity contribution in [2.75, 3.05) is 11.9 Å². The van der Waals surface area contributed by atoms with Gasteiger partial charge in [0.25, 0.3) is 0 Å². The van der Waals surface area contributed by atoms with Gasteiger partial charge in [0, 0.05) is 18.2 Å². The Hall–Kier alpha value is -2.30. The lowest BCUT2D eigenvalue weighted by atomic mass is 9.78. The van der Waals surface area contributed by atoms with Crippen molar-refractivity contribution in [1.29, 1.82) is 0 Å². The average Bonchev–Trinajstić information content (AvgIpc) is 3.03. The number of hydrogen-bond donors (Lipinski definition) is 1. The molecule has 1 aromatic heterocycles. The second-order valence-corrected chi connectivity index (χ2v) is 6.57. The molecule has 2 aromatic rings. The van der Waals surface area contributed by atoms with Crippen molar-refractivity contribution in [2.24, 2.45) is 0 Å². The van der Waals surface area contributed by atoms with E-state index < -0.39 is 0 Å². The lowest BCUT2D eigenvalue weighted by molar-refractivity contribution is 0.101. The number of aryl methyl sites for hydroxylation is 1. The zero-order valence-electron chi connectivity index (χ0n) is 14.1. The Kier molecular flexibility index (Phi) is 4.60. The molecular weight excluding hydrogens is 305 g/mol. The van der Waals surface area contributed by atoms with Gasteiger partial charge in [-0.25, -0.2) is 14.4 Å². The minimum absolute atomic E-state index is 0.0438. The molecule has 1 saturated carbocycles. The van der Waals surface area contributed by atoms with Crippen molar-refractivity contribution in [3.8, 4) is 0 Å². The van der Waals surface area contributed by atoms with Gasteiger partial charge in [-0.3, -0.25) is 4.79 Å². The number of Topliss-reactive ketones (excluding diaryl/α,β-unsaturated/α-hetero) is 1. The van der Waals surface area contributed by atoms with E-state index in [-0.39, 0.29) is 17.0 Å². The third kappa shape index (κ3) is 3.16. The highest BCUT2D eigenvalue weighted by molar-refractivity contribution is 5.94. The molecule has 126 valence electrons. The Morgan fingerprint density at radius 2 is 2.00 bits per heavy atom. The molecule has 1 aromatic carbocycles. The summed E-state index contributed by atoms with van der Waals surface area (Å²) in [4.78, 5) is 20.1. The fraction of sp³-hybridized carbons (Fsp3) is 0.421. The second kappa shape index (κ2) is 6.67. The first-order chi connectivity index (χ1) is 11.5. The molecule has 0 saturated heterocycles. The van der Waals surface area contributed by atoms with Gasteiger partial charge >= 0.3 is 0 Å². The number of anilines is 1. The number of ketones is 1. The van der Waals surface area contributed by atoms with E-state index in [0.29, 0.717) is 23.8 Å². The van der Waals surface area contributed by atoms with E-state index in [1.807, 2.05) is 12.1 Å². The maximum absolute atomic E-state index is 14.3. The molecule has 0 aliphatic heterocycles. The van der Waals surface area contributed by atoms with Gasteiger partial charge in [-0.15, -0.1) is 0 Å². The van der Waals surface area contributed by atoms with Crippen LogP contribution in [0, 0.1) is 12.7 Å². The number of hydrogen-bond acceptors (Lipinski definition) is 4. The van der Waals surface area contributed by atoms with Crippen LogP contribution >= 0.6 is 0 Å². The fourth-order valence-electron chi connectivity index (χ4n) is 3.63. The Morgan fingerprint density at radius 3 is 2.62 bits per heavy atom. The third-order valence-electron chi connectivity index (χ3n) is 4.95. The number of nitrogens with one attached hydrogen (secondary N) is 1. The SMILES string of the molecule is CC(=O)c1cnc(NCC2(c3ccccc3F)CCCC2)nc1C. The number of benzene rings is 1. The smallest absolute Gasteiger partial charge is 0.222 e. The van der Waals surface area contributed by atoms with Crippen molar-refractivity contribution in [1.82, 2.24) is 9.97 Å². The number of rotatable bonds is 5. The van der Waals surface area contributed by atoms with Crippen molar-refractivity contribution >= 4 is 11.7 Å². The fourth-order valence-corrected chi connectivity index (χ4v) is 3.63. The molecule has 0 amide bonds. The summed E-state index contributed by atoms with van der Waals surface area (Å²) in [5.74, 6) is 0.294. The molecule has 4 nitrogen and oxygen atoms in total. The molecule has 1 heterocycles. The van der Waals surface area contributed by atoms with Gasteiger partial charge in [-0.2, -0.15) is 0 Å². The van der Waals surface area contributed by atoms with Gasteiger partial charge in [0.1, 0.15) is 5.82 Å². The standard InChI is InChI=1S/C19H22FN3O/c1-13-15(14(2)24)11-21-18(23-13)22-12-19(9-5-6-10-19)16-7-3-4-8-17(16)20/h3-4,7-8,11H,5-6,9-10,12H2,1-2H3,(H,21,22,23). The van der Waals surface area contributed by atoms with Crippen LogP contribution in [0.25, 0.3) is 0 Å². The van der Waals surface area contributed by atoms with E-state index in [2.05, 4.69) is 15.3 Å². The molecule has 1 N–H and O–H groups in total. The van der Waals surface area contributed by atoms with E-state index in [1.165, 1.54) is 13.0 Å². The minimum Gasteiger partial charge on any atom is -0.353 e. The van der Waals surface area contributed by atoms with E-state index >= 15 is 0 Å². The van der Waals surface area contributed by atoms with Crippen molar-refractivity contribution in [2.45, 2.75) is 44.9 Å². The quantitative estimate of drug-likeness (QED) is 0.842. The summed E-state index contributed by atoms with van der Waals surface area (Å²) in [5, 5.41) is 3.26. The van der Waals surface area contributed by atoms with Crippen LogP contribution in [0.4, 0.5) is 10.3 Å². The first-order valence-corrected chi connectivity index (χ1v) is 8.35. The molecule has 1 fully saturated rings. The monoisotopic (exact) mass is 327 g/mol. The van der Waals surface area contributed by atoms with Crippen LogP contribution < -0.4 is 5.32 Å². The van der Waals surface area contributed by atoms with Crippen molar-refractivity contribution in [3.63, 3.8) is 0 Å². The van der Waals surface area contributed by atoms with Gasteiger partial charge in [0.15, 0.2) is 5.78 Å². The van der Waals surface area contributed by atoms with Gasteiger partial charge in [0.2, 0.25) is 5.95 Å². The second-order valence-electron chi connectivity index (χ2n) is 6.57. The first kappa shape index (κ1) is 16.6. The lowest BCUT2D eigenvalue weighted by Crippen LogP contribution is -2.33. The highest BCUT2D eigenvalue weighted by atomic mass is 19.1. The van der Waals surface area contributed by atoms with Crippen LogP contribution in [0.2, 0.25) is 0 Å². The number of carbonyl (C=O) groups is 1. The Balaban J connectivity index is 1.82. The summed E-state index contributed by atoms with van der Waals surface area (Å²) in [6.45, 7) is 3.89. The summed E-state index contributed by atoms with van der Waals surface area (Å²) in [6, 6.07) is 7.02. The topological polar surface area (TPSA) is 54.9 Å². The van der Waals surface area contributed by atoms with Gasteiger partial charge in [-0.05, 0) is 38.3 Å². The van der Waals surface area contributed by atoms with Crippen molar-refractivity contribution < 1.29 is 9.18 Å². The third-order valence-corrected chi connectivity index (χ3v) is 4.95. The Bertz CT molecular complexity index is 754. The van der Waals surface area contributed by atoms with E-state index in [1.54, 1.807) is 19.2 Å². The molecule has 0 radical (unpaired) electrons. The summed E-state index contributed by atoms with van der Waals surface area (Å²) in [6.07, 6.45) is 5.65. The van der Waals surface area contributed by atoms with Crippen LogP contribution in [0.1, 0.15) is 54.2 Å². The molecule has 0 spiro atoms. The molecular formula is C19H22FN3O. The number of nitrogens with zero attached hydrogens (tertiary/aromatic N) is 2. The molecule has 0 atom stereocenters.